The molecule has 0 bridgehead atoms. The molecule has 0 amide bonds. The Morgan fingerprint density at radius 2 is 2.30 bits per heavy atom. The third-order valence-electron chi connectivity index (χ3n) is 1.28. The van der Waals surface area contributed by atoms with Crippen LogP contribution < -0.4 is 9.47 Å². The number of rotatable bonds is 0. The molecule has 0 aliphatic carbocycles. The second kappa shape index (κ2) is 2.06. The van der Waals surface area contributed by atoms with Crippen LogP contribution in [0.5, 0.6) is 11.5 Å². The van der Waals surface area contributed by atoms with Crippen molar-refractivity contribution in [2.75, 3.05) is 6.79 Å². The van der Waals surface area contributed by atoms with E-state index in [1.54, 1.807) is 12.1 Å². The molecule has 2 rings (SSSR count). The van der Waals surface area contributed by atoms with E-state index >= 15 is 0 Å². The van der Waals surface area contributed by atoms with Crippen LogP contribution in [0.25, 0.3) is 0 Å². The van der Waals surface area contributed by atoms with Crippen LogP contribution in [-0.4, -0.2) is 6.79 Å². The maximum atomic E-state index is 5.73. The molecule has 3 heteroatoms. The molecule has 0 saturated carbocycles. The fraction of sp³-hybridized carbons (Fsp3) is 0.143. The lowest BCUT2D eigenvalue weighted by molar-refractivity contribution is 0.174. The van der Waals surface area contributed by atoms with Gasteiger partial charge in [-0.1, -0.05) is 11.6 Å². The average Bonchev–Trinajstić information content (AvgIpc) is 2.36. The zero-order valence-corrected chi connectivity index (χ0v) is 5.81. The molecule has 1 aromatic carbocycles. The SMILES string of the molecule is Clc1c[c]cc2c1OCO2. The van der Waals surface area contributed by atoms with Crippen molar-refractivity contribution < 1.29 is 9.47 Å². The van der Waals surface area contributed by atoms with E-state index in [2.05, 4.69) is 6.07 Å². The van der Waals surface area contributed by atoms with Crippen LogP contribution in [0.1, 0.15) is 0 Å². The minimum absolute atomic E-state index is 0.257. The van der Waals surface area contributed by atoms with E-state index in [9.17, 15) is 0 Å². The Bertz CT molecular complexity index is 260. The van der Waals surface area contributed by atoms with Crippen LogP contribution in [0.2, 0.25) is 5.02 Å². The molecule has 0 fully saturated rings. The smallest absolute Gasteiger partial charge is 0.231 e. The summed E-state index contributed by atoms with van der Waals surface area (Å²) in [5.74, 6) is 1.30. The summed E-state index contributed by atoms with van der Waals surface area (Å²) in [6, 6.07) is 6.17. The lowest BCUT2D eigenvalue weighted by Gasteiger charge is -1.94. The predicted octanol–water partition coefficient (Wildman–Crippen LogP) is 1.87. The van der Waals surface area contributed by atoms with Crippen LogP contribution >= 0.6 is 11.6 Å². The number of halogens is 1. The van der Waals surface area contributed by atoms with E-state index in [1.165, 1.54) is 0 Å². The van der Waals surface area contributed by atoms with Crippen molar-refractivity contribution in [3.8, 4) is 11.5 Å². The van der Waals surface area contributed by atoms with Crippen LogP contribution in [0.3, 0.4) is 0 Å². The summed E-state index contributed by atoms with van der Waals surface area (Å²) in [4.78, 5) is 0. The van der Waals surface area contributed by atoms with E-state index in [4.69, 9.17) is 21.1 Å². The van der Waals surface area contributed by atoms with E-state index < -0.39 is 0 Å². The molecule has 0 aromatic heterocycles. The number of hydrogen-bond donors (Lipinski definition) is 0. The van der Waals surface area contributed by atoms with Crippen molar-refractivity contribution in [1.29, 1.82) is 0 Å². The van der Waals surface area contributed by atoms with Gasteiger partial charge in [0.25, 0.3) is 0 Å². The van der Waals surface area contributed by atoms with Crippen molar-refractivity contribution in [3.05, 3.63) is 23.2 Å². The zero-order chi connectivity index (χ0) is 6.97. The second-order valence-electron chi connectivity index (χ2n) is 1.90. The number of ether oxygens (including phenoxy) is 2. The van der Waals surface area contributed by atoms with Crippen LogP contribution in [0.15, 0.2) is 12.1 Å². The molecule has 1 aliphatic rings. The van der Waals surface area contributed by atoms with Crippen molar-refractivity contribution in [2.45, 2.75) is 0 Å². The molecule has 1 aliphatic heterocycles. The van der Waals surface area contributed by atoms with E-state index in [0.29, 0.717) is 16.5 Å². The standard InChI is InChI=1S/C7H4ClO2/c8-5-2-1-3-6-7(5)10-4-9-6/h2-3H,4H2. The van der Waals surface area contributed by atoms with Gasteiger partial charge in [-0.15, -0.1) is 0 Å². The minimum atomic E-state index is 0.257. The summed E-state index contributed by atoms with van der Waals surface area (Å²) in [5.41, 5.74) is 0. The summed E-state index contributed by atoms with van der Waals surface area (Å²) in [7, 11) is 0. The molecule has 1 heterocycles. The molecule has 10 heavy (non-hydrogen) atoms. The van der Waals surface area contributed by atoms with Crippen molar-refractivity contribution in [2.24, 2.45) is 0 Å². The Hall–Kier alpha value is -0.890. The van der Waals surface area contributed by atoms with Crippen molar-refractivity contribution >= 4 is 11.6 Å². The van der Waals surface area contributed by atoms with Gasteiger partial charge in [0.05, 0.1) is 5.02 Å². The lowest BCUT2D eigenvalue weighted by atomic mass is 10.3. The molecule has 51 valence electrons. The van der Waals surface area contributed by atoms with E-state index in [-0.39, 0.29) is 6.79 Å². The quantitative estimate of drug-likeness (QED) is 0.570. The third kappa shape index (κ3) is 0.727. The monoisotopic (exact) mass is 155 g/mol. The van der Waals surface area contributed by atoms with Crippen molar-refractivity contribution in [1.82, 2.24) is 0 Å². The summed E-state index contributed by atoms with van der Waals surface area (Å²) in [6.07, 6.45) is 0. The average molecular weight is 156 g/mol. The Morgan fingerprint density at radius 1 is 1.40 bits per heavy atom. The Balaban J connectivity index is 2.59. The van der Waals surface area contributed by atoms with Gasteiger partial charge in [0.1, 0.15) is 0 Å². The highest BCUT2D eigenvalue weighted by atomic mass is 35.5. The molecule has 2 nitrogen and oxygen atoms in total. The summed E-state index contributed by atoms with van der Waals surface area (Å²) in [5, 5.41) is 0.551. The third-order valence-corrected chi connectivity index (χ3v) is 1.56. The van der Waals surface area contributed by atoms with Gasteiger partial charge in [-0.25, -0.2) is 0 Å². The first kappa shape index (κ1) is 5.86. The Labute approximate surface area is 63.3 Å². The Kier molecular flexibility index (Phi) is 1.21. The number of fused-ring (bicyclic) bond motifs is 1. The minimum Gasteiger partial charge on any atom is -0.454 e. The molecule has 0 N–H and O–H groups in total. The van der Waals surface area contributed by atoms with Gasteiger partial charge in [0, 0.05) is 0 Å². The lowest BCUT2D eigenvalue weighted by Crippen LogP contribution is -1.93. The maximum absolute atomic E-state index is 5.73. The van der Waals surface area contributed by atoms with Crippen molar-refractivity contribution in [3.63, 3.8) is 0 Å². The highest BCUT2D eigenvalue weighted by Crippen LogP contribution is 2.37. The van der Waals surface area contributed by atoms with Gasteiger partial charge in [-0.2, -0.15) is 0 Å². The van der Waals surface area contributed by atoms with E-state index in [1.807, 2.05) is 0 Å². The molecule has 0 spiro atoms. The molecule has 1 radical (unpaired) electrons. The van der Waals surface area contributed by atoms with Crippen LogP contribution in [0.4, 0.5) is 0 Å². The molecular weight excluding hydrogens is 152 g/mol. The number of hydrogen-bond acceptors (Lipinski definition) is 2. The summed E-state index contributed by atoms with van der Waals surface area (Å²) >= 11 is 5.73. The molecule has 1 aromatic rings. The first-order valence-corrected chi connectivity index (χ1v) is 3.21. The first-order chi connectivity index (χ1) is 4.88. The van der Waals surface area contributed by atoms with Gasteiger partial charge in [0.2, 0.25) is 6.79 Å². The fourth-order valence-electron chi connectivity index (χ4n) is 0.838. The highest BCUT2D eigenvalue weighted by molar-refractivity contribution is 6.32. The van der Waals surface area contributed by atoms with E-state index in [0.717, 1.165) is 0 Å². The van der Waals surface area contributed by atoms with Gasteiger partial charge in [-0.3, -0.25) is 0 Å². The molecule has 0 unspecified atom stereocenters. The molecular formula is C7H4ClO2. The summed E-state index contributed by atoms with van der Waals surface area (Å²) in [6.45, 7) is 0.257. The second-order valence-corrected chi connectivity index (χ2v) is 2.31. The summed E-state index contributed by atoms with van der Waals surface area (Å²) < 4.78 is 10.1. The Morgan fingerprint density at radius 3 is 3.10 bits per heavy atom. The zero-order valence-electron chi connectivity index (χ0n) is 5.06. The topological polar surface area (TPSA) is 18.5 Å². The van der Waals surface area contributed by atoms with Gasteiger partial charge >= 0.3 is 0 Å². The molecule has 0 saturated heterocycles. The number of benzene rings is 1. The highest BCUT2D eigenvalue weighted by Gasteiger charge is 2.15. The van der Waals surface area contributed by atoms with Gasteiger partial charge in [-0.05, 0) is 18.2 Å². The normalized spacial score (nSPS) is 13.7. The van der Waals surface area contributed by atoms with Crippen LogP contribution in [0, 0.1) is 6.07 Å². The first-order valence-electron chi connectivity index (χ1n) is 2.83. The molecule has 0 atom stereocenters. The largest absolute Gasteiger partial charge is 0.454 e. The fourth-order valence-corrected chi connectivity index (χ4v) is 1.05. The van der Waals surface area contributed by atoms with Gasteiger partial charge in [0.15, 0.2) is 11.5 Å². The maximum Gasteiger partial charge on any atom is 0.231 e. The van der Waals surface area contributed by atoms with Gasteiger partial charge < -0.3 is 9.47 Å². The predicted molar refractivity (Wildman–Crippen MR) is 36.4 cm³/mol. The van der Waals surface area contributed by atoms with Crippen LogP contribution in [-0.2, 0) is 0 Å².